The summed E-state index contributed by atoms with van der Waals surface area (Å²) >= 11 is 0. The third-order valence-corrected chi connectivity index (χ3v) is 2.20. The molecule has 0 bridgehead atoms. The fourth-order valence-electron chi connectivity index (χ4n) is 1.45. The highest BCUT2D eigenvalue weighted by Crippen LogP contribution is 2.39. The van der Waals surface area contributed by atoms with E-state index in [9.17, 15) is 4.79 Å². The first-order valence-corrected chi connectivity index (χ1v) is 3.10. The van der Waals surface area contributed by atoms with Crippen molar-refractivity contribution in [3.63, 3.8) is 0 Å². The lowest BCUT2D eigenvalue weighted by Gasteiger charge is -2.27. The lowest BCUT2D eigenvalue weighted by Crippen LogP contribution is -2.25. The lowest BCUT2D eigenvalue weighted by atomic mass is 9.76. The van der Waals surface area contributed by atoms with Gasteiger partial charge in [0.2, 0.25) is 0 Å². The topological polar surface area (TPSA) is 17.1 Å². The number of ketones is 1. The van der Waals surface area contributed by atoms with Gasteiger partial charge in [0.25, 0.3) is 0 Å². The SMILES string of the molecule is O=C1C=C[C@H]2CC[C@@H]12. The van der Waals surface area contributed by atoms with Gasteiger partial charge in [0.1, 0.15) is 0 Å². The van der Waals surface area contributed by atoms with Crippen LogP contribution in [0.2, 0.25) is 0 Å². The minimum absolute atomic E-state index is 0.362. The monoisotopic (exact) mass is 108 g/mol. The number of fused-ring (bicyclic) bond motifs is 1. The Hall–Kier alpha value is -0.590. The van der Waals surface area contributed by atoms with E-state index in [1.807, 2.05) is 0 Å². The molecule has 1 fully saturated rings. The van der Waals surface area contributed by atoms with Gasteiger partial charge in [-0.15, -0.1) is 0 Å². The van der Waals surface area contributed by atoms with Crippen LogP contribution in [0.4, 0.5) is 0 Å². The van der Waals surface area contributed by atoms with E-state index in [0.29, 0.717) is 17.6 Å². The number of hydrogen-bond donors (Lipinski definition) is 0. The average molecular weight is 108 g/mol. The number of hydrogen-bond acceptors (Lipinski definition) is 1. The zero-order valence-electron chi connectivity index (χ0n) is 4.63. The van der Waals surface area contributed by atoms with Crippen LogP contribution in [0.1, 0.15) is 12.8 Å². The van der Waals surface area contributed by atoms with Crippen molar-refractivity contribution in [2.24, 2.45) is 11.8 Å². The first-order chi connectivity index (χ1) is 3.88. The van der Waals surface area contributed by atoms with Gasteiger partial charge < -0.3 is 0 Å². The summed E-state index contributed by atoms with van der Waals surface area (Å²) in [5, 5.41) is 0. The summed E-state index contributed by atoms with van der Waals surface area (Å²) in [4.78, 5) is 10.7. The molecule has 1 saturated carbocycles. The summed E-state index contributed by atoms with van der Waals surface area (Å²) in [5.74, 6) is 1.42. The van der Waals surface area contributed by atoms with E-state index >= 15 is 0 Å². The van der Waals surface area contributed by atoms with Crippen LogP contribution in [0.15, 0.2) is 12.2 Å². The van der Waals surface area contributed by atoms with Crippen LogP contribution in [0, 0.1) is 11.8 Å². The largest absolute Gasteiger partial charge is 0.295 e. The lowest BCUT2D eigenvalue weighted by molar-refractivity contribution is -0.120. The summed E-state index contributed by atoms with van der Waals surface area (Å²) in [6, 6.07) is 0. The standard InChI is InChI=1S/C7H8O/c8-7-4-2-5-1-3-6(5)7/h2,4-6H,1,3H2/t5-,6-/m1/s1. The van der Waals surface area contributed by atoms with Gasteiger partial charge in [-0.3, -0.25) is 4.79 Å². The second kappa shape index (κ2) is 1.22. The molecule has 2 aliphatic rings. The highest BCUT2D eigenvalue weighted by Gasteiger charge is 2.36. The van der Waals surface area contributed by atoms with Crippen LogP contribution in [0.5, 0.6) is 0 Å². The second-order valence-electron chi connectivity index (χ2n) is 2.61. The van der Waals surface area contributed by atoms with E-state index in [2.05, 4.69) is 6.08 Å². The predicted molar refractivity (Wildman–Crippen MR) is 30.4 cm³/mol. The van der Waals surface area contributed by atoms with Crippen LogP contribution in [0.3, 0.4) is 0 Å². The third kappa shape index (κ3) is 0.347. The van der Waals surface area contributed by atoms with E-state index in [0.717, 1.165) is 6.42 Å². The van der Waals surface area contributed by atoms with Crippen molar-refractivity contribution in [1.82, 2.24) is 0 Å². The third-order valence-electron chi connectivity index (χ3n) is 2.20. The minimum atomic E-state index is 0.362. The zero-order chi connectivity index (χ0) is 5.56. The molecule has 8 heavy (non-hydrogen) atoms. The fraction of sp³-hybridized carbons (Fsp3) is 0.571. The molecule has 0 N–H and O–H groups in total. The summed E-state index contributed by atoms with van der Waals surface area (Å²) in [7, 11) is 0. The van der Waals surface area contributed by atoms with Crippen LogP contribution in [0.25, 0.3) is 0 Å². The highest BCUT2D eigenvalue weighted by molar-refractivity contribution is 5.95. The Morgan fingerprint density at radius 2 is 2.38 bits per heavy atom. The minimum Gasteiger partial charge on any atom is -0.295 e. The molecule has 0 aromatic heterocycles. The summed E-state index contributed by atoms with van der Waals surface area (Å²) < 4.78 is 0. The maximum absolute atomic E-state index is 10.7. The van der Waals surface area contributed by atoms with E-state index < -0.39 is 0 Å². The fourth-order valence-corrected chi connectivity index (χ4v) is 1.45. The van der Waals surface area contributed by atoms with Crippen LogP contribution < -0.4 is 0 Å². The Morgan fingerprint density at radius 3 is 2.62 bits per heavy atom. The van der Waals surface area contributed by atoms with Gasteiger partial charge in [-0.1, -0.05) is 6.08 Å². The molecule has 2 aliphatic carbocycles. The van der Waals surface area contributed by atoms with Crippen molar-refractivity contribution in [3.05, 3.63) is 12.2 Å². The van der Waals surface area contributed by atoms with Crippen molar-refractivity contribution >= 4 is 5.78 Å². The van der Waals surface area contributed by atoms with E-state index in [-0.39, 0.29) is 0 Å². The molecule has 0 aromatic carbocycles. The Labute approximate surface area is 48.4 Å². The van der Waals surface area contributed by atoms with E-state index in [1.165, 1.54) is 6.42 Å². The molecule has 0 radical (unpaired) electrons. The molecule has 0 spiro atoms. The molecule has 1 nitrogen and oxygen atoms in total. The quantitative estimate of drug-likeness (QED) is 0.455. The Balaban J connectivity index is 2.25. The Morgan fingerprint density at radius 1 is 1.50 bits per heavy atom. The molecule has 42 valence electrons. The number of carbonyl (C=O) groups is 1. The second-order valence-corrected chi connectivity index (χ2v) is 2.61. The summed E-state index contributed by atoms with van der Waals surface area (Å²) in [5.41, 5.74) is 0. The van der Waals surface area contributed by atoms with Crippen molar-refractivity contribution in [3.8, 4) is 0 Å². The van der Waals surface area contributed by atoms with Gasteiger partial charge in [-0.2, -0.15) is 0 Å². The van der Waals surface area contributed by atoms with Crippen LogP contribution in [-0.4, -0.2) is 5.78 Å². The highest BCUT2D eigenvalue weighted by atomic mass is 16.1. The number of carbonyl (C=O) groups excluding carboxylic acids is 1. The Bertz CT molecular complexity index is 158. The molecular weight excluding hydrogens is 100 g/mol. The van der Waals surface area contributed by atoms with Gasteiger partial charge in [-0.25, -0.2) is 0 Å². The maximum Gasteiger partial charge on any atom is 0.159 e. The van der Waals surface area contributed by atoms with Gasteiger partial charge >= 0.3 is 0 Å². The molecule has 0 heterocycles. The summed E-state index contributed by atoms with van der Waals surface area (Å²) in [6.07, 6.45) is 6.17. The number of allylic oxidation sites excluding steroid dienone is 2. The zero-order valence-corrected chi connectivity index (χ0v) is 4.63. The van der Waals surface area contributed by atoms with Crippen LogP contribution in [-0.2, 0) is 4.79 Å². The number of rotatable bonds is 0. The first kappa shape index (κ1) is 4.30. The maximum atomic E-state index is 10.7. The normalized spacial score (nSPS) is 41.8. The molecule has 0 aliphatic heterocycles. The molecule has 1 heteroatoms. The van der Waals surface area contributed by atoms with E-state index in [4.69, 9.17) is 0 Å². The molecule has 0 aromatic rings. The molecule has 0 unspecified atom stereocenters. The van der Waals surface area contributed by atoms with Gasteiger partial charge in [0, 0.05) is 5.92 Å². The molecule has 2 rings (SSSR count). The van der Waals surface area contributed by atoms with Gasteiger partial charge in [0.15, 0.2) is 5.78 Å². The van der Waals surface area contributed by atoms with Gasteiger partial charge in [0.05, 0.1) is 0 Å². The molecule has 0 amide bonds. The molecular formula is C7H8O. The van der Waals surface area contributed by atoms with Crippen molar-refractivity contribution in [1.29, 1.82) is 0 Å². The van der Waals surface area contributed by atoms with Crippen LogP contribution >= 0.6 is 0 Å². The first-order valence-electron chi connectivity index (χ1n) is 3.10. The average Bonchev–Trinajstić information content (AvgIpc) is 1.80. The molecule has 2 atom stereocenters. The Kier molecular flexibility index (Phi) is 0.655. The van der Waals surface area contributed by atoms with Gasteiger partial charge in [-0.05, 0) is 24.8 Å². The smallest absolute Gasteiger partial charge is 0.159 e. The van der Waals surface area contributed by atoms with Crippen molar-refractivity contribution < 1.29 is 4.79 Å². The van der Waals surface area contributed by atoms with Crippen molar-refractivity contribution in [2.75, 3.05) is 0 Å². The predicted octanol–water partition coefficient (Wildman–Crippen LogP) is 1.15. The van der Waals surface area contributed by atoms with E-state index in [1.54, 1.807) is 6.08 Å². The summed E-state index contributed by atoms with van der Waals surface area (Å²) in [6.45, 7) is 0. The van der Waals surface area contributed by atoms with Crippen molar-refractivity contribution in [2.45, 2.75) is 12.8 Å². The molecule has 0 saturated heterocycles.